The quantitative estimate of drug-likeness (QED) is 0.423. The molecular weight excluding hydrogens is 339 g/mol. The zero-order chi connectivity index (χ0) is 13.1. The van der Waals surface area contributed by atoms with Crippen LogP contribution in [0.15, 0.2) is 18.2 Å². The molecule has 0 saturated heterocycles. The maximum atomic E-state index is 10.6. The number of hydrogen-bond acceptors (Lipinski definition) is 5. The molecule has 7 heteroatoms. The van der Waals surface area contributed by atoms with Crippen LogP contribution < -0.4 is 5.32 Å². The predicted octanol–water partition coefficient (Wildman–Crippen LogP) is 1.35. The number of nitrogens with zero attached hydrogens (tertiary/aromatic N) is 1. The van der Waals surface area contributed by atoms with Gasteiger partial charge in [-0.25, -0.2) is 0 Å². The molecule has 0 aliphatic carbocycles. The van der Waals surface area contributed by atoms with Crippen LogP contribution in [0.4, 0.5) is 11.4 Å². The van der Waals surface area contributed by atoms with E-state index < -0.39 is 10.5 Å². The third-order valence-electron chi connectivity index (χ3n) is 2.29. The molecule has 0 atom stereocenters. The SMILES string of the molecule is CC(CO)(CO)Nc1ccc([N+](=O)[O-])c(I)c1. The van der Waals surface area contributed by atoms with Crippen molar-refractivity contribution in [1.82, 2.24) is 0 Å². The monoisotopic (exact) mass is 352 g/mol. The van der Waals surface area contributed by atoms with E-state index in [1.54, 1.807) is 19.1 Å². The minimum atomic E-state index is -0.848. The predicted molar refractivity (Wildman–Crippen MR) is 72.0 cm³/mol. The minimum absolute atomic E-state index is 0.0332. The van der Waals surface area contributed by atoms with Crippen molar-refractivity contribution in [2.24, 2.45) is 0 Å². The number of aliphatic hydroxyl groups excluding tert-OH is 2. The highest BCUT2D eigenvalue weighted by Gasteiger charge is 2.22. The summed E-state index contributed by atoms with van der Waals surface area (Å²) in [5.74, 6) is 0. The average Bonchev–Trinajstić information content (AvgIpc) is 2.28. The van der Waals surface area contributed by atoms with Crippen molar-refractivity contribution >= 4 is 34.0 Å². The summed E-state index contributed by atoms with van der Waals surface area (Å²) >= 11 is 1.87. The van der Waals surface area contributed by atoms with E-state index in [-0.39, 0.29) is 18.9 Å². The van der Waals surface area contributed by atoms with Gasteiger partial charge in [0, 0.05) is 11.8 Å². The fourth-order valence-electron chi connectivity index (χ4n) is 1.21. The number of hydrogen-bond donors (Lipinski definition) is 3. The van der Waals surface area contributed by atoms with E-state index in [0.29, 0.717) is 9.26 Å². The molecule has 0 heterocycles. The molecule has 1 aromatic carbocycles. The number of rotatable bonds is 5. The van der Waals surface area contributed by atoms with E-state index in [2.05, 4.69) is 5.32 Å². The van der Waals surface area contributed by atoms with E-state index in [9.17, 15) is 10.1 Å². The maximum absolute atomic E-state index is 10.6. The Morgan fingerprint density at radius 3 is 2.47 bits per heavy atom. The van der Waals surface area contributed by atoms with Crippen LogP contribution in [0.1, 0.15) is 6.92 Å². The van der Waals surface area contributed by atoms with Gasteiger partial charge in [-0.3, -0.25) is 10.1 Å². The van der Waals surface area contributed by atoms with Crippen molar-refractivity contribution in [3.8, 4) is 0 Å². The Kier molecular flexibility index (Phi) is 4.66. The minimum Gasteiger partial charge on any atom is -0.394 e. The van der Waals surface area contributed by atoms with Crippen molar-refractivity contribution < 1.29 is 15.1 Å². The molecule has 0 aliphatic heterocycles. The molecule has 17 heavy (non-hydrogen) atoms. The first kappa shape index (κ1) is 14.1. The first-order valence-electron chi connectivity index (χ1n) is 4.86. The lowest BCUT2D eigenvalue weighted by molar-refractivity contribution is -0.385. The number of anilines is 1. The number of aliphatic hydroxyl groups is 2. The van der Waals surface area contributed by atoms with Gasteiger partial charge in [0.05, 0.1) is 27.2 Å². The van der Waals surface area contributed by atoms with Gasteiger partial charge >= 0.3 is 0 Å². The lowest BCUT2D eigenvalue weighted by Gasteiger charge is -2.27. The molecule has 0 amide bonds. The standard InChI is InChI=1S/C10H13IN2O4/c1-10(5-14,6-15)12-7-2-3-9(13(16)17)8(11)4-7/h2-4,12,14-15H,5-6H2,1H3. The van der Waals surface area contributed by atoms with Crippen molar-refractivity contribution in [3.05, 3.63) is 31.9 Å². The Morgan fingerprint density at radius 1 is 1.47 bits per heavy atom. The van der Waals surface area contributed by atoms with Crippen molar-refractivity contribution in [1.29, 1.82) is 0 Å². The molecular formula is C10H13IN2O4. The summed E-state index contributed by atoms with van der Waals surface area (Å²) in [4.78, 5) is 10.2. The van der Waals surface area contributed by atoms with Gasteiger partial charge in [0.15, 0.2) is 0 Å². The van der Waals surface area contributed by atoms with E-state index in [1.165, 1.54) is 6.07 Å². The topological polar surface area (TPSA) is 95.6 Å². The summed E-state index contributed by atoms with van der Waals surface area (Å²) in [6.45, 7) is 1.18. The Balaban J connectivity index is 2.95. The normalized spacial score (nSPS) is 11.3. The van der Waals surface area contributed by atoms with Crippen LogP contribution in [-0.4, -0.2) is 33.9 Å². The van der Waals surface area contributed by atoms with Crippen LogP contribution in [0.2, 0.25) is 0 Å². The largest absolute Gasteiger partial charge is 0.394 e. The molecule has 0 aliphatic rings. The second-order valence-corrected chi connectivity index (χ2v) is 5.09. The van der Waals surface area contributed by atoms with Gasteiger partial charge in [0.2, 0.25) is 0 Å². The third kappa shape index (κ3) is 3.51. The first-order valence-corrected chi connectivity index (χ1v) is 5.93. The molecule has 94 valence electrons. The summed E-state index contributed by atoms with van der Waals surface area (Å²) in [7, 11) is 0. The molecule has 1 rings (SSSR count). The molecule has 0 bridgehead atoms. The van der Waals surface area contributed by atoms with E-state index in [0.717, 1.165) is 0 Å². The number of halogens is 1. The number of nitro benzene ring substituents is 1. The van der Waals surface area contributed by atoms with Crippen LogP contribution >= 0.6 is 22.6 Å². The highest BCUT2D eigenvalue weighted by molar-refractivity contribution is 14.1. The second-order valence-electron chi connectivity index (χ2n) is 3.93. The summed E-state index contributed by atoms with van der Waals surface area (Å²) in [6.07, 6.45) is 0. The Labute approximate surface area is 112 Å². The molecule has 0 saturated carbocycles. The average molecular weight is 352 g/mol. The first-order chi connectivity index (χ1) is 7.91. The molecule has 0 fully saturated rings. The van der Waals surface area contributed by atoms with Gasteiger partial charge in [-0.05, 0) is 41.6 Å². The van der Waals surface area contributed by atoms with Crippen LogP contribution in [0.25, 0.3) is 0 Å². The van der Waals surface area contributed by atoms with E-state index >= 15 is 0 Å². The second kappa shape index (κ2) is 5.61. The van der Waals surface area contributed by atoms with E-state index in [1.807, 2.05) is 22.6 Å². The summed E-state index contributed by atoms with van der Waals surface area (Å²) in [6, 6.07) is 4.53. The van der Waals surface area contributed by atoms with Gasteiger partial charge in [0.1, 0.15) is 0 Å². The fourth-order valence-corrected chi connectivity index (χ4v) is 1.92. The molecule has 3 N–H and O–H groups in total. The van der Waals surface area contributed by atoms with Crippen molar-refractivity contribution in [2.75, 3.05) is 18.5 Å². The molecule has 0 spiro atoms. The number of nitrogens with one attached hydrogen (secondary N) is 1. The zero-order valence-electron chi connectivity index (χ0n) is 9.18. The van der Waals surface area contributed by atoms with Gasteiger partial charge in [-0.2, -0.15) is 0 Å². The van der Waals surface area contributed by atoms with Crippen LogP contribution in [-0.2, 0) is 0 Å². The van der Waals surface area contributed by atoms with Crippen molar-refractivity contribution in [3.63, 3.8) is 0 Å². The van der Waals surface area contributed by atoms with Gasteiger partial charge < -0.3 is 15.5 Å². The lowest BCUT2D eigenvalue weighted by atomic mass is 10.1. The number of benzene rings is 1. The highest BCUT2D eigenvalue weighted by Crippen LogP contribution is 2.25. The Morgan fingerprint density at radius 2 is 2.06 bits per heavy atom. The molecule has 0 radical (unpaired) electrons. The van der Waals surface area contributed by atoms with Crippen LogP contribution in [0.3, 0.4) is 0 Å². The smallest absolute Gasteiger partial charge is 0.282 e. The lowest BCUT2D eigenvalue weighted by Crippen LogP contribution is -2.42. The highest BCUT2D eigenvalue weighted by atomic mass is 127. The molecule has 1 aromatic rings. The van der Waals surface area contributed by atoms with Crippen molar-refractivity contribution in [2.45, 2.75) is 12.5 Å². The van der Waals surface area contributed by atoms with Gasteiger partial charge in [-0.15, -0.1) is 0 Å². The van der Waals surface area contributed by atoms with Gasteiger partial charge in [-0.1, -0.05) is 0 Å². The van der Waals surface area contributed by atoms with E-state index in [4.69, 9.17) is 10.2 Å². The number of nitro groups is 1. The molecule has 6 nitrogen and oxygen atoms in total. The molecule has 0 aromatic heterocycles. The summed E-state index contributed by atoms with van der Waals surface area (Å²) in [5.41, 5.74) is -0.199. The summed E-state index contributed by atoms with van der Waals surface area (Å²) in [5, 5.41) is 31.8. The maximum Gasteiger partial charge on any atom is 0.282 e. The molecule has 0 unspecified atom stereocenters. The Bertz CT molecular complexity index is 421. The fraction of sp³-hybridized carbons (Fsp3) is 0.400. The summed E-state index contributed by atoms with van der Waals surface area (Å²) < 4.78 is 0.496. The van der Waals surface area contributed by atoms with Crippen LogP contribution in [0.5, 0.6) is 0 Å². The third-order valence-corrected chi connectivity index (χ3v) is 3.15. The Hall–Kier alpha value is -0.930. The zero-order valence-corrected chi connectivity index (χ0v) is 11.3. The van der Waals surface area contributed by atoms with Crippen LogP contribution in [0, 0.1) is 13.7 Å². The van der Waals surface area contributed by atoms with Gasteiger partial charge in [0.25, 0.3) is 5.69 Å².